The first-order valence-corrected chi connectivity index (χ1v) is 12.6. The van der Waals surface area contributed by atoms with Crippen LogP contribution in [0.25, 0.3) is 0 Å². The van der Waals surface area contributed by atoms with Gasteiger partial charge < -0.3 is 9.47 Å². The Morgan fingerprint density at radius 1 is 0.583 bits per heavy atom. The van der Waals surface area contributed by atoms with Crippen LogP contribution in [0.1, 0.15) is 63.5 Å². The van der Waals surface area contributed by atoms with Crippen LogP contribution in [0, 0.1) is 0 Å². The van der Waals surface area contributed by atoms with Crippen LogP contribution in [-0.4, -0.2) is 37.4 Å². The topological polar surface area (TPSA) is 86.7 Å². The predicted molar refractivity (Wildman–Crippen MR) is 134 cm³/mol. The molecule has 186 valence electrons. The van der Waals surface area contributed by atoms with Crippen LogP contribution in [-0.2, 0) is 30.0 Å². The van der Waals surface area contributed by atoms with Gasteiger partial charge in [0, 0.05) is 10.8 Å². The Kier molecular flexibility index (Phi) is 5.73. The average molecular weight is 487 g/mol. The number of rotatable bonds is 8. The fourth-order valence-electron chi connectivity index (χ4n) is 6.68. The van der Waals surface area contributed by atoms with Crippen molar-refractivity contribution in [3.05, 3.63) is 69.9 Å². The summed E-state index contributed by atoms with van der Waals surface area (Å²) in [6, 6.07) is 3.92. The Balaban J connectivity index is 2.00. The van der Waals surface area contributed by atoms with Crippen molar-refractivity contribution >= 4 is 23.1 Å². The molecular formula is C30H30O6. The summed E-state index contributed by atoms with van der Waals surface area (Å²) in [5, 5.41) is 0. The van der Waals surface area contributed by atoms with Gasteiger partial charge in [0.15, 0.2) is 11.5 Å². The Morgan fingerprint density at radius 2 is 0.889 bits per heavy atom. The molecule has 6 nitrogen and oxygen atoms in total. The quantitative estimate of drug-likeness (QED) is 0.394. The fourth-order valence-corrected chi connectivity index (χ4v) is 6.68. The number of methoxy groups -OCH3 is 2. The number of ether oxygens (including phenoxy) is 2. The molecule has 6 rings (SSSR count). The summed E-state index contributed by atoms with van der Waals surface area (Å²) >= 11 is 0. The molecule has 0 heterocycles. The van der Waals surface area contributed by atoms with E-state index < -0.39 is 34.0 Å². The summed E-state index contributed by atoms with van der Waals surface area (Å²) in [5.41, 5.74) is 3.24. The van der Waals surface area contributed by atoms with Gasteiger partial charge in [-0.15, -0.1) is 0 Å². The highest BCUT2D eigenvalue weighted by atomic mass is 16.5. The fraction of sp³-hybridized carbons (Fsp3) is 0.400. The second-order valence-electron chi connectivity index (χ2n) is 9.96. The Bertz CT molecular complexity index is 1190. The third-order valence-corrected chi connectivity index (χ3v) is 8.26. The number of carbonyl (C=O) groups is 4. The van der Waals surface area contributed by atoms with Crippen LogP contribution < -0.4 is 9.47 Å². The van der Waals surface area contributed by atoms with Crippen LogP contribution in [0.2, 0.25) is 0 Å². The minimum absolute atomic E-state index is 0.555. The highest BCUT2D eigenvalue weighted by Crippen LogP contribution is 2.70. The number of allylic oxidation sites excluding steroid dienone is 8. The van der Waals surface area contributed by atoms with E-state index in [9.17, 15) is 19.2 Å². The molecule has 0 spiro atoms. The summed E-state index contributed by atoms with van der Waals surface area (Å²) in [5.74, 6) is -1.13. The number of unbranched alkanes of at least 4 members (excludes halogenated alkanes) is 2. The van der Waals surface area contributed by atoms with E-state index in [0.29, 0.717) is 24.3 Å². The van der Waals surface area contributed by atoms with Crippen molar-refractivity contribution in [3.63, 3.8) is 0 Å². The molecule has 5 aliphatic rings. The minimum Gasteiger partial charge on any atom is -0.493 e. The van der Waals surface area contributed by atoms with Crippen molar-refractivity contribution in [3.8, 4) is 11.5 Å². The number of carbonyl (C=O) groups excluding carboxylic acids is 4. The molecule has 0 amide bonds. The van der Waals surface area contributed by atoms with Gasteiger partial charge in [-0.05, 0) is 82.7 Å². The smallest absolute Gasteiger partial charge is 0.226 e. The van der Waals surface area contributed by atoms with Crippen LogP contribution in [0.5, 0.6) is 11.5 Å². The van der Waals surface area contributed by atoms with Crippen molar-refractivity contribution in [1.82, 2.24) is 0 Å². The van der Waals surface area contributed by atoms with Crippen LogP contribution in [0.4, 0.5) is 0 Å². The zero-order valence-corrected chi connectivity index (χ0v) is 21.2. The second-order valence-corrected chi connectivity index (χ2v) is 9.96. The minimum atomic E-state index is -0.858. The number of benzene rings is 1. The molecule has 0 saturated heterocycles. The molecule has 0 atom stereocenters. The summed E-state index contributed by atoms with van der Waals surface area (Å²) in [6.07, 6.45) is 10.6. The number of hydrogen-bond donors (Lipinski definition) is 0. The lowest BCUT2D eigenvalue weighted by molar-refractivity contribution is -0.131. The van der Waals surface area contributed by atoms with E-state index in [-0.39, 0.29) is 0 Å². The van der Waals surface area contributed by atoms with Crippen LogP contribution in [0.15, 0.2) is 58.7 Å². The van der Waals surface area contributed by atoms with Gasteiger partial charge in [-0.3, -0.25) is 19.2 Å². The van der Waals surface area contributed by atoms with Gasteiger partial charge in [0.05, 0.1) is 14.2 Å². The summed E-state index contributed by atoms with van der Waals surface area (Å²) < 4.78 is 11.4. The van der Waals surface area contributed by atoms with Crippen molar-refractivity contribution in [2.24, 2.45) is 0 Å². The Labute approximate surface area is 210 Å². The standard InChI is InChI=1S/C30H30O6/c1-5-7-9-29-17-11-23(31)25(33)13-19(17)30(10-8-6-2,20-14-26(34)24(32)12-18(20)29)22-16-28(36-4)27(35-3)15-21(22)29/h11-16H,5-10H2,1-4H3. The molecule has 36 heavy (non-hydrogen) atoms. The van der Waals surface area contributed by atoms with Gasteiger partial charge >= 0.3 is 0 Å². The molecule has 0 unspecified atom stereocenters. The lowest BCUT2D eigenvalue weighted by Crippen LogP contribution is -2.56. The summed E-state index contributed by atoms with van der Waals surface area (Å²) in [4.78, 5) is 51.2. The van der Waals surface area contributed by atoms with E-state index in [1.165, 1.54) is 24.3 Å². The van der Waals surface area contributed by atoms with E-state index in [1.54, 1.807) is 14.2 Å². The maximum absolute atomic E-state index is 12.8. The molecule has 6 heteroatoms. The van der Waals surface area contributed by atoms with Crippen molar-refractivity contribution in [1.29, 1.82) is 0 Å². The Hall–Kier alpha value is -3.54. The van der Waals surface area contributed by atoms with Gasteiger partial charge in [0.2, 0.25) is 23.1 Å². The molecule has 1 fully saturated rings. The molecule has 0 N–H and O–H groups in total. The maximum Gasteiger partial charge on any atom is 0.226 e. The second kappa shape index (κ2) is 8.54. The SMILES string of the molecule is CCCCC12C3=CC(=O)C(=O)C=C3C(CCCC)(C3=CC(=O)C(=O)C=C31)c1cc(OC)c(OC)cc12. The molecule has 0 aromatic heterocycles. The van der Waals surface area contributed by atoms with E-state index in [4.69, 9.17) is 9.47 Å². The zero-order chi connectivity index (χ0) is 25.8. The summed E-state index contributed by atoms with van der Waals surface area (Å²) in [6.45, 7) is 4.18. The first kappa shape index (κ1) is 24.2. The highest BCUT2D eigenvalue weighted by Gasteiger charge is 2.64. The first-order chi connectivity index (χ1) is 17.3. The van der Waals surface area contributed by atoms with Gasteiger partial charge in [-0.25, -0.2) is 0 Å². The molecule has 0 radical (unpaired) electrons. The highest BCUT2D eigenvalue weighted by molar-refractivity contribution is 6.48. The molecule has 1 aromatic carbocycles. The van der Waals surface area contributed by atoms with Crippen molar-refractivity contribution in [2.45, 2.75) is 63.2 Å². The average Bonchev–Trinajstić information content (AvgIpc) is 2.88. The van der Waals surface area contributed by atoms with Gasteiger partial charge in [0.1, 0.15) is 0 Å². The maximum atomic E-state index is 12.8. The molecule has 2 bridgehead atoms. The molecule has 1 saturated carbocycles. The van der Waals surface area contributed by atoms with Gasteiger partial charge in [-0.2, -0.15) is 0 Å². The van der Waals surface area contributed by atoms with E-state index >= 15 is 0 Å². The van der Waals surface area contributed by atoms with Gasteiger partial charge in [0.25, 0.3) is 0 Å². The molecule has 5 aliphatic carbocycles. The van der Waals surface area contributed by atoms with Crippen molar-refractivity contribution < 1.29 is 28.7 Å². The third kappa shape index (κ3) is 2.96. The van der Waals surface area contributed by atoms with Crippen LogP contribution >= 0.6 is 0 Å². The van der Waals surface area contributed by atoms with Gasteiger partial charge in [-0.1, -0.05) is 39.5 Å². The number of ketones is 4. The van der Waals surface area contributed by atoms with E-state index in [1.807, 2.05) is 12.1 Å². The zero-order valence-electron chi connectivity index (χ0n) is 21.2. The normalized spacial score (nSPS) is 25.9. The number of hydrogen-bond acceptors (Lipinski definition) is 6. The third-order valence-electron chi connectivity index (χ3n) is 8.26. The van der Waals surface area contributed by atoms with E-state index in [0.717, 1.165) is 59.1 Å². The van der Waals surface area contributed by atoms with E-state index in [2.05, 4.69) is 13.8 Å². The lowest BCUT2D eigenvalue weighted by atomic mass is 9.40. The first-order valence-electron chi connectivity index (χ1n) is 12.6. The summed E-state index contributed by atoms with van der Waals surface area (Å²) in [7, 11) is 3.16. The van der Waals surface area contributed by atoms with Crippen molar-refractivity contribution in [2.75, 3.05) is 14.2 Å². The molecule has 0 aliphatic heterocycles. The monoisotopic (exact) mass is 486 g/mol. The molecular weight excluding hydrogens is 456 g/mol. The Morgan fingerprint density at radius 3 is 1.14 bits per heavy atom. The molecule has 1 aromatic rings. The predicted octanol–water partition coefficient (Wildman–Crippen LogP) is 4.60. The van der Waals surface area contributed by atoms with Crippen LogP contribution in [0.3, 0.4) is 0 Å². The lowest BCUT2D eigenvalue weighted by Gasteiger charge is -2.61. The largest absolute Gasteiger partial charge is 0.493 e.